The Bertz CT molecular complexity index is 1420. The van der Waals surface area contributed by atoms with E-state index in [1.165, 1.54) is 12.3 Å². The van der Waals surface area contributed by atoms with Gasteiger partial charge in [-0.3, -0.25) is 14.8 Å². The van der Waals surface area contributed by atoms with Crippen molar-refractivity contribution in [1.82, 2.24) is 19.3 Å². The lowest BCUT2D eigenvalue weighted by Crippen LogP contribution is -2.16. The summed E-state index contributed by atoms with van der Waals surface area (Å²) in [4.78, 5) is 17.2. The number of carbonyl (C=O) groups excluding carboxylic acids is 1. The average molecular weight is 465 g/mol. The van der Waals surface area contributed by atoms with Crippen LogP contribution in [-0.2, 0) is 19.3 Å². The molecule has 5 aromatic rings. The number of benzene rings is 2. The van der Waals surface area contributed by atoms with Crippen LogP contribution in [0.25, 0.3) is 11.0 Å². The van der Waals surface area contributed by atoms with Crippen molar-refractivity contribution in [3.63, 3.8) is 0 Å². The molecule has 1 amide bonds. The highest BCUT2D eigenvalue weighted by molar-refractivity contribution is 6.04. The number of nitrogens with zero attached hydrogens (tertiary/aromatic N) is 4. The fourth-order valence-corrected chi connectivity index (χ4v) is 3.64. The minimum atomic E-state index is -4.50. The third kappa shape index (κ3) is 4.42. The summed E-state index contributed by atoms with van der Waals surface area (Å²) in [6.45, 7) is 0.753. The highest BCUT2D eigenvalue weighted by atomic mass is 19.4. The van der Waals surface area contributed by atoms with E-state index in [1.807, 2.05) is 24.4 Å². The molecular weight excluding hydrogens is 447 g/mol. The summed E-state index contributed by atoms with van der Waals surface area (Å²) < 4.78 is 48.3. The van der Waals surface area contributed by atoms with E-state index in [0.717, 1.165) is 17.7 Å². The quantitative estimate of drug-likeness (QED) is 0.374. The lowest BCUT2D eigenvalue weighted by molar-refractivity contribution is -0.137. The van der Waals surface area contributed by atoms with Gasteiger partial charge in [-0.25, -0.2) is 4.98 Å². The maximum atomic E-state index is 13.2. The number of amides is 1. The van der Waals surface area contributed by atoms with Gasteiger partial charge in [0.05, 0.1) is 35.9 Å². The highest BCUT2D eigenvalue weighted by Gasteiger charge is 2.31. The molecule has 0 aliphatic heterocycles. The van der Waals surface area contributed by atoms with Crippen LogP contribution in [0.2, 0.25) is 0 Å². The Morgan fingerprint density at radius 3 is 2.53 bits per heavy atom. The Balaban J connectivity index is 1.43. The summed E-state index contributed by atoms with van der Waals surface area (Å²) in [6.07, 6.45) is 0.530. The number of furan rings is 1. The van der Waals surface area contributed by atoms with Crippen molar-refractivity contribution in [2.24, 2.45) is 0 Å². The van der Waals surface area contributed by atoms with Crippen LogP contribution in [0.3, 0.4) is 0 Å². The topological polar surface area (TPSA) is 77.9 Å². The van der Waals surface area contributed by atoms with Crippen LogP contribution in [0, 0.1) is 0 Å². The van der Waals surface area contributed by atoms with E-state index < -0.39 is 17.6 Å². The number of fused-ring (bicyclic) bond motifs is 1. The molecule has 34 heavy (non-hydrogen) atoms. The summed E-state index contributed by atoms with van der Waals surface area (Å²) in [5.41, 5.74) is 1.09. The maximum Gasteiger partial charge on any atom is 0.416 e. The van der Waals surface area contributed by atoms with E-state index in [0.29, 0.717) is 23.4 Å². The first kappa shape index (κ1) is 21.5. The lowest BCUT2D eigenvalue weighted by atomic mass is 10.1. The summed E-state index contributed by atoms with van der Waals surface area (Å²) in [5, 5.41) is 6.88. The predicted molar refractivity (Wildman–Crippen MR) is 118 cm³/mol. The molecule has 0 fully saturated rings. The zero-order valence-electron chi connectivity index (χ0n) is 17.7. The third-order valence-electron chi connectivity index (χ3n) is 5.31. The van der Waals surface area contributed by atoms with E-state index in [4.69, 9.17) is 4.42 Å². The van der Waals surface area contributed by atoms with Crippen molar-refractivity contribution in [3.05, 3.63) is 102 Å². The van der Waals surface area contributed by atoms with Crippen LogP contribution in [0.15, 0.2) is 83.7 Å². The Hall–Kier alpha value is -4.34. The molecule has 3 heterocycles. The van der Waals surface area contributed by atoms with Gasteiger partial charge >= 0.3 is 6.18 Å². The molecule has 2 aromatic carbocycles. The number of alkyl halides is 3. The summed E-state index contributed by atoms with van der Waals surface area (Å²) in [5.74, 6) is 0.256. The number of halogens is 3. The second-order valence-electron chi connectivity index (χ2n) is 7.66. The normalized spacial score (nSPS) is 11.7. The number of rotatable bonds is 6. The highest BCUT2D eigenvalue weighted by Crippen LogP contribution is 2.32. The molecule has 0 saturated carbocycles. The Morgan fingerprint density at radius 1 is 1.03 bits per heavy atom. The Morgan fingerprint density at radius 2 is 1.85 bits per heavy atom. The molecule has 0 atom stereocenters. The summed E-state index contributed by atoms with van der Waals surface area (Å²) in [6, 6.07) is 15.6. The number of hydrogen-bond acceptors (Lipinski definition) is 4. The van der Waals surface area contributed by atoms with Crippen LogP contribution in [0.1, 0.15) is 27.2 Å². The molecule has 0 spiro atoms. The van der Waals surface area contributed by atoms with E-state index >= 15 is 0 Å². The SMILES string of the molecule is O=C(Nc1nc2cc(C(F)(F)F)ccc2n1Cc1ccco1)c1ccc(Cn2cccn2)cc1. The monoisotopic (exact) mass is 465 g/mol. The zero-order chi connectivity index (χ0) is 23.7. The van der Waals surface area contributed by atoms with Gasteiger partial charge in [-0.2, -0.15) is 18.3 Å². The molecule has 5 rings (SSSR count). The van der Waals surface area contributed by atoms with Crippen LogP contribution in [0.4, 0.5) is 19.1 Å². The molecule has 0 bridgehead atoms. The molecule has 0 aliphatic carbocycles. The first-order valence-corrected chi connectivity index (χ1v) is 10.3. The molecule has 172 valence electrons. The van der Waals surface area contributed by atoms with Gasteiger partial charge in [-0.05, 0) is 54.1 Å². The minimum absolute atomic E-state index is 0.117. The number of nitrogens with one attached hydrogen (secondary N) is 1. The molecular formula is C24H18F3N5O2. The van der Waals surface area contributed by atoms with Crippen LogP contribution in [0.5, 0.6) is 0 Å². The van der Waals surface area contributed by atoms with Crippen LogP contribution < -0.4 is 5.32 Å². The van der Waals surface area contributed by atoms with E-state index in [2.05, 4.69) is 15.4 Å². The van der Waals surface area contributed by atoms with Crippen LogP contribution >= 0.6 is 0 Å². The van der Waals surface area contributed by atoms with Crippen LogP contribution in [-0.4, -0.2) is 25.2 Å². The van der Waals surface area contributed by atoms with Crippen molar-refractivity contribution >= 4 is 22.9 Å². The minimum Gasteiger partial charge on any atom is -0.467 e. The van der Waals surface area contributed by atoms with E-state index in [-0.39, 0.29) is 18.0 Å². The second kappa shape index (κ2) is 8.54. The van der Waals surface area contributed by atoms with Gasteiger partial charge in [0, 0.05) is 18.0 Å². The van der Waals surface area contributed by atoms with Gasteiger partial charge in [0.1, 0.15) is 5.76 Å². The van der Waals surface area contributed by atoms with Gasteiger partial charge in [-0.1, -0.05) is 12.1 Å². The zero-order valence-corrected chi connectivity index (χ0v) is 17.7. The van der Waals surface area contributed by atoms with Gasteiger partial charge in [-0.15, -0.1) is 0 Å². The fourth-order valence-electron chi connectivity index (χ4n) is 3.64. The molecule has 0 radical (unpaired) electrons. The second-order valence-corrected chi connectivity index (χ2v) is 7.66. The van der Waals surface area contributed by atoms with Gasteiger partial charge in [0.2, 0.25) is 5.95 Å². The maximum absolute atomic E-state index is 13.2. The fraction of sp³-hybridized carbons (Fsp3) is 0.125. The number of hydrogen-bond donors (Lipinski definition) is 1. The molecule has 0 saturated heterocycles. The van der Waals surface area contributed by atoms with Crippen molar-refractivity contribution in [1.29, 1.82) is 0 Å². The number of anilines is 1. The van der Waals surface area contributed by atoms with Gasteiger partial charge in [0.15, 0.2) is 0 Å². The van der Waals surface area contributed by atoms with E-state index in [1.54, 1.807) is 39.7 Å². The first-order valence-electron chi connectivity index (χ1n) is 10.3. The lowest BCUT2D eigenvalue weighted by Gasteiger charge is -2.10. The Labute approximate surface area is 191 Å². The molecule has 3 aromatic heterocycles. The third-order valence-corrected chi connectivity index (χ3v) is 5.31. The summed E-state index contributed by atoms with van der Waals surface area (Å²) in [7, 11) is 0. The van der Waals surface area contributed by atoms with E-state index in [9.17, 15) is 18.0 Å². The van der Waals surface area contributed by atoms with Gasteiger partial charge < -0.3 is 8.98 Å². The molecule has 7 nitrogen and oxygen atoms in total. The van der Waals surface area contributed by atoms with Crippen molar-refractivity contribution in [2.75, 3.05) is 5.32 Å². The van der Waals surface area contributed by atoms with Crippen molar-refractivity contribution in [3.8, 4) is 0 Å². The van der Waals surface area contributed by atoms with Crippen molar-refractivity contribution in [2.45, 2.75) is 19.3 Å². The standard InChI is InChI=1S/C24H18F3N5O2/c25-24(26,27)18-8-9-21-20(13-18)29-23(32(21)15-19-3-1-12-34-19)30-22(33)17-6-4-16(5-7-17)14-31-11-2-10-28-31/h1-13H,14-15H2,(H,29,30,33). The Kier molecular flexibility index (Phi) is 5.40. The van der Waals surface area contributed by atoms with Crippen molar-refractivity contribution < 1.29 is 22.4 Å². The smallest absolute Gasteiger partial charge is 0.416 e. The summed E-state index contributed by atoms with van der Waals surface area (Å²) >= 11 is 0. The molecule has 0 unspecified atom stereocenters. The number of imidazole rings is 1. The number of aromatic nitrogens is 4. The number of carbonyl (C=O) groups is 1. The largest absolute Gasteiger partial charge is 0.467 e. The average Bonchev–Trinajstić information content (AvgIpc) is 3.56. The molecule has 0 aliphatic rings. The molecule has 1 N–H and O–H groups in total. The predicted octanol–water partition coefficient (Wildman–Crippen LogP) is 5.19. The first-order chi connectivity index (χ1) is 16.4. The molecule has 10 heteroatoms. The van der Waals surface area contributed by atoms with Gasteiger partial charge in [0.25, 0.3) is 5.91 Å².